The highest BCUT2D eigenvalue weighted by atomic mass is 16.6. The molecule has 4 rings (SSSR count). The molecule has 0 aliphatic carbocycles. The van der Waals surface area contributed by atoms with E-state index in [1.165, 1.54) is 0 Å². The van der Waals surface area contributed by atoms with Crippen molar-refractivity contribution in [2.45, 2.75) is 79.7 Å². The Morgan fingerprint density at radius 1 is 1.05 bits per heavy atom. The van der Waals surface area contributed by atoms with Crippen LogP contribution in [0, 0.1) is 18.8 Å². The fraction of sp³-hybridized carbons (Fsp3) is 0.545. The third-order valence-electron chi connectivity index (χ3n) is 8.14. The largest absolute Gasteiger partial charge is 0.492 e. The van der Waals surface area contributed by atoms with E-state index < -0.39 is 18.6 Å². The van der Waals surface area contributed by atoms with Crippen LogP contribution in [0.2, 0.25) is 0 Å². The monoisotopic (exact) mass is 592 g/mol. The molecule has 2 aliphatic heterocycles. The molecule has 0 bridgehead atoms. The number of hydrogen-bond acceptors (Lipinski definition) is 8. The molecule has 2 aromatic rings. The lowest BCUT2D eigenvalue weighted by Crippen LogP contribution is -2.49. The third kappa shape index (κ3) is 8.68. The van der Waals surface area contributed by atoms with Crippen LogP contribution in [0.3, 0.4) is 0 Å². The Bertz CT molecular complexity index is 1310. The van der Waals surface area contributed by atoms with E-state index in [-0.39, 0.29) is 36.8 Å². The number of ketones is 1. The van der Waals surface area contributed by atoms with Gasteiger partial charge in [0.2, 0.25) is 0 Å². The van der Waals surface area contributed by atoms with Crippen LogP contribution in [-0.4, -0.2) is 71.6 Å². The van der Waals surface area contributed by atoms with Crippen LogP contribution in [0.5, 0.6) is 0 Å². The van der Waals surface area contributed by atoms with E-state index in [4.69, 9.17) is 14.1 Å². The van der Waals surface area contributed by atoms with Gasteiger partial charge in [-0.25, -0.2) is 4.79 Å². The van der Waals surface area contributed by atoms with Crippen LogP contribution < -0.4 is 5.46 Å². The van der Waals surface area contributed by atoms with Crippen molar-refractivity contribution in [1.29, 1.82) is 0 Å². The lowest BCUT2D eigenvalue weighted by Gasteiger charge is -2.35. The number of fused-ring (bicyclic) bond motifs is 1. The van der Waals surface area contributed by atoms with Gasteiger partial charge in [0.15, 0.2) is 5.78 Å². The summed E-state index contributed by atoms with van der Waals surface area (Å²) in [6, 6.07) is 11.6. The molecule has 1 amide bonds. The molecule has 1 saturated heterocycles. The summed E-state index contributed by atoms with van der Waals surface area (Å²) in [6.45, 7) is 15.4. The standard InChI is InChI=1S/C33H45BN2O7/c1-22(2)27(12-13-29(37)28-11-10-26-21-42-34(40)30(26)23(28)3)31(38)41-20-25-9-7-8-24(18-25)19-35-14-16-36(17-15-35)32(39)43-33(4,5)6/h7-11,18,22,27,40H,12-17,19-21H2,1-6H3/t27-/m0/s1. The Labute approximate surface area is 255 Å². The molecule has 9 nitrogen and oxygen atoms in total. The molecule has 2 aliphatic rings. The van der Waals surface area contributed by atoms with Crippen molar-refractivity contribution in [3.05, 3.63) is 64.2 Å². The highest BCUT2D eigenvalue weighted by molar-refractivity contribution is 6.62. The Kier molecular flexibility index (Phi) is 10.7. The first-order valence-electron chi connectivity index (χ1n) is 15.2. The summed E-state index contributed by atoms with van der Waals surface area (Å²) < 4.78 is 16.5. The van der Waals surface area contributed by atoms with E-state index in [2.05, 4.69) is 17.0 Å². The predicted molar refractivity (Wildman–Crippen MR) is 165 cm³/mol. The molecule has 2 heterocycles. The SMILES string of the molecule is Cc1c(C(=O)CC[C@H](C(=O)OCc2cccc(CN3CCN(C(=O)OC(C)(C)C)CC3)c2)C(C)C)ccc2c1B(O)OC2. The number of nitrogens with zero attached hydrogens (tertiary/aromatic N) is 2. The molecule has 0 saturated carbocycles. The van der Waals surface area contributed by atoms with Gasteiger partial charge in [-0.2, -0.15) is 0 Å². The van der Waals surface area contributed by atoms with Gasteiger partial charge < -0.3 is 24.1 Å². The molecule has 1 fully saturated rings. The van der Waals surface area contributed by atoms with E-state index in [0.717, 1.165) is 41.9 Å². The van der Waals surface area contributed by atoms with Crippen LogP contribution in [0.1, 0.15) is 80.1 Å². The van der Waals surface area contributed by atoms with Crippen LogP contribution in [0.15, 0.2) is 36.4 Å². The summed E-state index contributed by atoms with van der Waals surface area (Å²) in [6.07, 6.45) is 0.333. The molecule has 0 radical (unpaired) electrons. The number of carbonyl (C=O) groups excluding carboxylic acids is 3. The van der Waals surface area contributed by atoms with Crippen molar-refractivity contribution in [2.24, 2.45) is 11.8 Å². The highest BCUT2D eigenvalue weighted by Gasteiger charge is 2.32. The van der Waals surface area contributed by atoms with Crippen LogP contribution >= 0.6 is 0 Å². The molecular weight excluding hydrogens is 547 g/mol. The van der Waals surface area contributed by atoms with Gasteiger partial charge >= 0.3 is 19.2 Å². The smallest absolute Gasteiger partial charge is 0.461 e. The van der Waals surface area contributed by atoms with Gasteiger partial charge in [0.1, 0.15) is 12.2 Å². The van der Waals surface area contributed by atoms with Crippen molar-refractivity contribution in [2.75, 3.05) is 26.2 Å². The fourth-order valence-corrected chi connectivity index (χ4v) is 5.71. The van der Waals surface area contributed by atoms with Crippen molar-refractivity contribution < 1.29 is 33.5 Å². The van der Waals surface area contributed by atoms with E-state index >= 15 is 0 Å². The number of Topliss-reactive ketones (excluding diaryl/α,β-unsaturated/α-hetero) is 1. The minimum atomic E-state index is -1.01. The van der Waals surface area contributed by atoms with Crippen molar-refractivity contribution in [3.63, 3.8) is 0 Å². The minimum absolute atomic E-state index is 0.0160. The van der Waals surface area contributed by atoms with Gasteiger partial charge in [-0.1, -0.05) is 50.2 Å². The highest BCUT2D eigenvalue weighted by Crippen LogP contribution is 2.24. The van der Waals surface area contributed by atoms with Crippen molar-refractivity contribution in [3.8, 4) is 0 Å². The first kappa shape index (κ1) is 32.7. The summed E-state index contributed by atoms with van der Waals surface area (Å²) in [5.41, 5.74) is 4.39. The van der Waals surface area contributed by atoms with Crippen LogP contribution in [0.25, 0.3) is 0 Å². The lowest BCUT2D eigenvalue weighted by atomic mass is 9.74. The predicted octanol–water partition coefficient (Wildman–Crippen LogP) is 4.24. The number of esters is 1. The number of amides is 1. The average molecular weight is 593 g/mol. The number of hydrogen-bond donors (Lipinski definition) is 1. The number of carbonyl (C=O) groups is 3. The quantitative estimate of drug-likeness (QED) is 0.248. The lowest BCUT2D eigenvalue weighted by molar-refractivity contribution is -0.151. The first-order chi connectivity index (χ1) is 20.3. The molecule has 43 heavy (non-hydrogen) atoms. The fourth-order valence-electron chi connectivity index (χ4n) is 5.71. The third-order valence-corrected chi connectivity index (χ3v) is 8.14. The zero-order chi connectivity index (χ0) is 31.3. The maximum Gasteiger partial charge on any atom is 0.492 e. The summed E-state index contributed by atoms with van der Waals surface area (Å²) in [4.78, 5) is 42.6. The van der Waals surface area contributed by atoms with E-state index in [9.17, 15) is 19.4 Å². The summed E-state index contributed by atoms with van der Waals surface area (Å²) in [7, 11) is -1.01. The zero-order valence-corrected chi connectivity index (χ0v) is 26.4. The van der Waals surface area contributed by atoms with Crippen molar-refractivity contribution in [1.82, 2.24) is 9.80 Å². The minimum Gasteiger partial charge on any atom is -0.461 e. The molecule has 10 heteroatoms. The molecule has 0 spiro atoms. The molecule has 2 aromatic carbocycles. The first-order valence-corrected chi connectivity index (χ1v) is 15.2. The van der Waals surface area contributed by atoms with Gasteiger partial charge in [-0.05, 0) is 67.8 Å². The van der Waals surface area contributed by atoms with E-state index in [0.29, 0.717) is 37.1 Å². The van der Waals surface area contributed by atoms with Crippen molar-refractivity contribution >= 4 is 30.4 Å². The number of rotatable bonds is 10. The van der Waals surface area contributed by atoms with E-state index in [1.807, 2.05) is 59.7 Å². The van der Waals surface area contributed by atoms with Gasteiger partial charge in [-0.3, -0.25) is 14.5 Å². The maximum atomic E-state index is 13.1. The maximum absolute atomic E-state index is 13.1. The summed E-state index contributed by atoms with van der Waals surface area (Å²) in [5.74, 6) is -0.752. The summed E-state index contributed by atoms with van der Waals surface area (Å²) in [5, 5.41) is 10.1. The molecular formula is C33H45BN2O7. The molecule has 0 aromatic heterocycles. The average Bonchev–Trinajstić information content (AvgIpc) is 3.33. The van der Waals surface area contributed by atoms with Gasteiger partial charge in [-0.15, -0.1) is 0 Å². The molecule has 232 valence electrons. The van der Waals surface area contributed by atoms with Crippen LogP contribution in [-0.2, 0) is 38.7 Å². The Morgan fingerprint density at radius 3 is 2.42 bits per heavy atom. The number of piperazine rings is 1. The second-order valence-electron chi connectivity index (χ2n) is 13.0. The Balaban J connectivity index is 1.27. The zero-order valence-electron chi connectivity index (χ0n) is 26.4. The second kappa shape index (κ2) is 14.1. The van der Waals surface area contributed by atoms with Crippen LogP contribution in [0.4, 0.5) is 4.79 Å². The van der Waals surface area contributed by atoms with E-state index in [1.54, 1.807) is 11.0 Å². The van der Waals surface area contributed by atoms with Gasteiger partial charge in [0, 0.05) is 44.7 Å². The van der Waals surface area contributed by atoms with Gasteiger partial charge in [0.25, 0.3) is 0 Å². The molecule has 1 atom stereocenters. The van der Waals surface area contributed by atoms with Gasteiger partial charge in [0.05, 0.1) is 12.5 Å². The summed E-state index contributed by atoms with van der Waals surface area (Å²) >= 11 is 0. The Hall–Kier alpha value is -3.21. The Morgan fingerprint density at radius 2 is 1.74 bits per heavy atom. The molecule has 1 N–H and O–H groups in total. The normalized spacial score (nSPS) is 16.3. The topological polar surface area (TPSA) is 106 Å². The second-order valence-corrected chi connectivity index (χ2v) is 13.0. The number of benzene rings is 2. The number of ether oxygens (including phenoxy) is 2. The molecule has 0 unspecified atom stereocenters.